The number of nitrogens with one attached hydrogen (secondary N) is 1. The molecule has 332 valence electrons. The summed E-state index contributed by atoms with van der Waals surface area (Å²) < 4.78 is 30.8. The van der Waals surface area contributed by atoms with E-state index in [1.54, 1.807) is 75.4 Å². The summed E-state index contributed by atoms with van der Waals surface area (Å²) in [6.07, 6.45) is -11.0. The molecular weight excluding hydrogens is 814 g/mol. The maximum Gasteiger partial charge on any atom is 0.338 e. The van der Waals surface area contributed by atoms with E-state index in [4.69, 9.17) is 35.3 Å². The van der Waals surface area contributed by atoms with Gasteiger partial charge in [0.15, 0.2) is 23.6 Å². The lowest BCUT2D eigenvalue weighted by atomic mass is 9.44. The van der Waals surface area contributed by atoms with Gasteiger partial charge < -0.3 is 49.4 Å². The van der Waals surface area contributed by atoms with Gasteiger partial charge in [0.2, 0.25) is 5.91 Å². The van der Waals surface area contributed by atoms with E-state index in [1.165, 1.54) is 27.7 Å². The number of ether oxygens (including phenoxy) is 5. The van der Waals surface area contributed by atoms with E-state index in [9.17, 15) is 39.6 Å². The van der Waals surface area contributed by atoms with Crippen LogP contribution in [0.25, 0.3) is 0 Å². The van der Waals surface area contributed by atoms with Gasteiger partial charge >= 0.3 is 17.9 Å². The van der Waals surface area contributed by atoms with E-state index in [2.05, 4.69) is 5.32 Å². The number of esters is 3. The van der Waals surface area contributed by atoms with E-state index < -0.39 is 118 Å². The molecule has 1 heterocycles. The Bertz CT molecular complexity index is 2060. The van der Waals surface area contributed by atoms with Crippen LogP contribution in [-0.2, 0) is 54.3 Å². The van der Waals surface area contributed by atoms with Gasteiger partial charge in [-0.25, -0.2) is 4.79 Å². The van der Waals surface area contributed by atoms with Gasteiger partial charge in [0.25, 0.3) is 0 Å². The van der Waals surface area contributed by atoms with E-state index in [0.29, 0.717) is 11.1 Å². The van der Waals surface area contributed by atoms with Crippen molar-refractivity contribution in [2.75, 3.05) is 6.61 Å². The Morgan fingerprint density at radius 3 is 2.13 bits per heavy atom. The lowest BCUT2D eigenvalue weighted by molar-refractivity contribution is -0.351. The van der Waals surface area contributed by atoms with Crippen molar-refractivity contribution in [1.82, 2.24) is 5.32 Å². The highest BCUT2D eigenvalue weighted by Gasteiger charge is 2.77. The second kappa shape index (κ2) is 16.8. The Labute approximate surface area is 359 Å². The number of halogens is 1. The van der Waals surface area contributed by atoms with Crippen molar-refractivity contribution < 1.29 is 68.1 Å². The number of benzene rings is 2. The Morgan fingerprint density at radius 2 is 1.59 bits per heavy atom. The summed E-state index contributed by atoms with van der Waals surface area (Å²) in [5.74, 6) is -5.82. The maximum absolute atomic E-state index is 15.5. The molecule has 2 bridgehead atoms. The van der Waals surface area contributed by atoms with Crippen LogP contribution in [0.1, 0.15) is 85.4 Å². The zero-order chi connectivity index (χ0) is 45.0. The maximum atomic E-state index is 15.5. The van der Waals surface area contributed by atoms with Crippen LogP contribution >= 0.6 is 11.6 Å². The molecule has 16 heteroatoms. The number of alkyl halides is 1. The average Bonchev–Trinajstić information content (AvgIpc) is 3.19. The molecule has 2 saturated carbocycles. The molecule has 0 radical (unpaired) electrons. The van der Waals surface area contributed by atoms with Gasteiger partial charge in [-0.2, -0.15) is 0 Å². The second-order valence-corrected chi connectivity index (χ2v) is 18.6. The third-order valence-corrected chi connectivity index (χ3v) is 14.2. The minimum atomic E-state index is -2.19. The zero-order valence-corrected chi connectivity index (χ0v) is 36.3. The molecule has 13 atom stereocenters. The van der Waals surface area contributed by atoms with Crippen LogP contribution in [0, 0.1) is 16.7 Å². The summed E-state index contributed by atoms with van der Waals surface area (Å²) in [6.45, 7) is 10.9. The molecule has 1 aliphatic heterocycles. The predicted octanol–water partition coefficient (Wildman–Crippen LogP) is 3.16. The topological polar surface area (TPSA) is 224 Å². The number of rotatable bonds is 12. The molecule has 3 aliphatic carbocycles. The number of fused-ring (bicyclic) bond motifs is 5. The van der Waals surface area contributed by atoms with Crippen LogP contribution in [0.2, 0.25) is 0 Å². The van der Waals surface area contributed by atoms with Crippen molar-refractivity contribution in [3.05, 3.63) is 82.9 Å². The predicted molar refractivity (Wildman–Crippen MR) is 217 cm³/mol. The summed E-state index contributed by atoms with van der Waals surface area (Å²) in [6, 6.07) is 15.6. The molecule has 2 aromatic carbocycles. The molecule has 6 rings (SSSR count). The quantitative estimate of drug-likeness (QED) is 0.0895. The molecule has 2 aromatic rings. The fourth-order valence-electron chi connectivity index (χ4n) is 9.91. The standard InChI is InChI=1S/C45H56ClNO14/c1-23-29(60-39(54)34(52)33(28-17-13-10-14-18-28)47-40(55)43(8,46)24(2)48)20-45(56)38(57-21-27-15-11-9-12-16-27)36-42(7,30(51)19-31-44(36,22-58-31)61-26(4)50)37(53)35(59-25(3)49)32(23)41(45,5)6/h9-18,24,29-31,33-36,38,48,51-52,56H,19-22H2,1-8H3,(H,47,55)/t24-,29-,30-,31?,33-,34+,35+,36-,38-,42+,43-,44-,45+/m0/s1. The third kappa shape index (κ3) is 7.80. The highest BCUT2D eigenvalue weighted by Crippen LogP contribution is 2.64. The van der Waals surface area contributed by atoms with Gasteiger partial charge in [-0.05, 0) is 50.0 Å². The first-order valence-corrected chi connectivity index (χ1v) is 20.7. The van der Waals surface area contributed by atoms with Crippen LogP contribution in [0.3, 0.4) is 0 Å². The fourth-order valence-corrected chi connectivity index (χ4v) is 9.97. The first kappa shape index (κ1) is 46.3. The van der Waals surface area contributed by atoms with Crippen molar-refractivity contribution in [3.63, 3.8) is 0 Å². The molecule has 5 N–H and O–H groups in total. The van der Waals surface area contributed by atoms with Crippen LogP contribution in [0.5, 0.6) is 0 Å². The normalized spacial score (nSPS) is 34.0. The Hall–Kier alpha value is -4.22. The number of hydrogen-bond acceptors (Lipinski definition) is 14. The SMILES string of the molecule is CC(=O)O[C@H]1C(=O)[C@]2(C)[C@@H](O)CC3OC[C@@]3(OC(C)=O)[C@H]2[C@H](OCc2ccccc2)[C@]2(O)C[C@H](OC(=O)[C@H](O)[C@@H](NC(=O)[C@@](C)(Cl)[C@H](C)O)c3ccccc3)C(C)=C1C2(C)C. The molecule has 1 amide bonds. The smallest absolute Gasteiger partial charge is 0.338 e. The summed E-state index contributed by atoms with van der Waals surface area (Å²) >= 11 is 6.39. The van der Waals surface area contributed by atoms with Crippen molar-refractivity contribution in [1.29, 1.82) is 0 Å². The molecule has 0 aromatic heterocycles. The Balaban J connectivity index is 1.52. The third-order valence-electron chi connectivity index (χ3n) is 13.7. The monoisotopic (exact) mass is 869 g/mol. The van der Waals surface area contributed by atoms with Gasteiger partial charge in [-0.1, -0.05) is 74.5 Å². The van der Waals surface area contributed by atoms with Gasteiger partial charge in [0, 0.05) is 38.0 Å². The molecule has 0 spiro atoms. The first-order valence-electron chi connectivity index (χ1n) is 20.4. The summed E-state index contributed by atoms with van der Waals surface area (Å²) in [4.78, 5) is 67.2. The summed E-state index contributed by atoms with van der Waals surface area (Å²) in [7, 11) is 0. The molecule has 1 saturated heterocycles. The lowest BCUT2D eigenvalue weighted by Gasteiger charge is -2.67. The van der Waals surface area contributed by atoms with Gasteiger partial charge in [0.1, 0.15) is 22.7 Å². The highest BCUT2D eigenvalue weighted by molar-refractivity contribution is 6.35. The van der Waals surface area contributed by atoms with Crippen LogP contribution in [-0.4, -0.2) is 115 Å². The van der Waals surface area contributed by atoms with Crippen molar-refractivity contribution in [2.45, 2.75) is 140 Å². The van der Waals surface area contributed by atoms with E-state index >= 15 is 4.79 Å². The van der Waals surface area contributed by atoms with E-state index in [1.807, 2.05) is 6.07 Å². The van der Waals surface area contributed by atoms with Crippen LogP contribution in [0.15, 0.2) is 71.8 Å². The van der Waals surface area contributed by atoms with Gasteiger partial charge in [-0.3, -0.25) is 19.2 Å². The first-order chi connectivity index (χ1) is 28.4. The van der Waals surface area contributed by atoms with Crippen molar-refractivity contribution in [3.8, 4) is 0 Å². The number of aliphatic hydroxyl groups excluding tert-OH is 3. The summed E-state index contributed by atoms with van der Waals surface area (Å²) in [5.41, 5.74) is -5.99. The van der Waals surface area contributed by atoms with Crippen LogP contribution < -0.4 is 5.32 Å². The number of carbonyl (C=O) groups excluding carboxylic acids is 5. The molecule has 4 aliphatic rings. The number of ketones is 1. The van der Waals surface area contributed by atoms with E-state index in [0.717, 1.165) is 6.92 Å². The molecule has 61 heavy (non-hydrogen) atoms. The second-order valence-electron chi connectivity index (χ2n) is 17.8. The fraction of sp³-hybridized carbons (Fsp3) is 0.578. The Morgan fingerprint density at radius 1 is 0.984 bits per heavy atom. The van der Waals surface area contributed by atoms with Crippen LogP contribution in [0.4, 0.5) is 0 Å². The zero-order valence-electron chi connectivity index (χ0n) is 35.5. The largest absolute Gasteiger partial charge is 0.456 e. The number of hydrogen-bond donors (Lipinski definition) is 5. The number of Topliss-reactive ketones (excluding diaryl/α,β-unsaturated/α-hetero) is 1. The number of carbonyl (C=O) groups is 5. The van der Waals surface area contributed by atoms with Gasteiger partial charge in [-0.15, -0.1) is 11.6 Å². The average molecular weight is 870 g/mol. The number of aliphatic hydroxyl groups is 4. The van der Waals surface area contributed by atoms with E-state index in [-0.39, 0.29) is 30.8 Å². The molecular formula is C45H56ClNO14. The number of amides is 1. The molecule has 1 unspecified atom stereocenters. The van der Waals surface area contributed by atoms with Crippen molar-refractivity contribution in [2.24, 2.45) is 16.7 Å². The minimum absolute atomic E-state index is 0.0743. The lowest BCUT2D eigenvalue weighted by Crippen LogP contribution is -2.81. The molecule has 15 nitrogen and oxygen atoms in total. The summed E-state index contributed by atoms with van der Waals surface area (Å²) in [5, 5.41) is 50.3. The highest BCUT2D eigenvalue weighted by atomic mass is 35.5. The Kier molecular flexibility index (Phi) is 12.8. The minimum Gasteiger partial charge on any atom is -0.456 e. The molecule has 3 fully saturated rings. The van der Waals surface area contributed by atoms with Gasteiger partial charge in [0.05, 0.1) is 43.0 Å². The van der Waals surface area contributed by atoms with Crippen molar-refractivity contribution >= 4 is 41.2 Å².